The van der Waals surface area contributed by atoms with Crippen molar-refractivity contribution in [1.29, 1.82) is 0 Å². The molecule has 2 atom stereocenters. The molecule has 1 aromatic rings. The first-order valence-electron chi connectivity index (χ1n) is 5.83. The predicted molar refractivity (Wildman–Crippen MR) is 66.7 cm³/mol. The minimum atomic E-state index is -0.816. The average Bonchev–Trinajstić information content (AvgIpc) is 2.36. The highest BCUT2D eigenvalue weighted by molar-refractivity contribution is 5.72. The molecular weight excluding hydrogens is 216 g/mol. The number of aliphatic hydroxyl groups excluding tert-OH is 1. The van der Waals surface area contributed by atoms with Crippen molar-refractivity contribution in [2.24, 2.45) is 5.92 Å². The number of hydrogen-bond acceptors (Lipinski definition) is 3. The van der Waals surface area contributed by atoms with Crippen LogP contribution in [0, 0.1) is 5.92 Å². The number of esters is 1. The maximum Gasteiger partial charge on any atom is 0.311 e. The Morgan fingerprint density at radius 2 is 1.59 bits per heavy atom. The van der Waals surface area contributed by atoms with Gasteiger partial charge in [-0.2, -0.15) is 0 Å². The van der Waals surface area contributed by atoms with Crippen molar-refractivity contribution in [2.45, 2.75) is 32.8 Å². The highest BCUT2D eigenvalue weighted by Crippen LogP contribution is 2.24. The predicted octanol–water partition coefficient (Wildman–Crippen LogP) is 2.65. The summed E-state index contributed by atoms with van der Waals surface area (Å²) in [6, 6.07) is 7.68. The van der Waals surface area contributed by atoms with Crippen molar-refractivity contribution in [3.05, 3.63) is 35.4 Å². The summed E-state index contributed by atoms with van der Waals surface area (Å²) >= 11 is 0. The van der Waals surface area contributed by atoms with E-state index in [9.17, 15) is 9.90 Å². The smallest absolute Gasteiger partial charge is 0.311 e. The maximum atomic E-state index is 11.3. The van der Waals surface area contributed by atoms with Gasteiger partial charge in [0.1, 0.15) is 0 Å². The summed E-state index contributed by atoms with van der Waals surface area (Å²) in [5, 5.41) is 10.0. The zero-order valence-electron chi connectivity index (χ0n) is 10.8. The molecule has 1 rings (SSSR count). The van der Waals surface area contributed by atoms with E-state index in [1.165, 1.54) is 12.7 Å². The topological polar surface area (TPSA) is 46.5 Å². The van der Waals surface area contributed by atoms with Crippen LogP contribution in [0.3, 0.4) is 0 Å². The molecule has 3 heteroatoms. The van der Waals surface area contributed by atoms with Crippen molar-refractivity contribution in [2.75, 3.05) is 7.11 Å². The Bertz CT molecular complexity index is 368. The Hall–Kier alpha value is -1.35. The summed E-state index contributed by atoms with van der Waals surface area (Å²) in [5.74, 6) is -0.491. The summed E-state index contributed by atoms with van der Waals surface area (Å²) in [5.41, 5.74) is 1.96. The van der Waals surface area contributed by atoms with Crippen LogP contribution in [0.5, 0.6) is 0 Å². The van der Waals surface area contributed by atoms with E-state index in [2.05, 4.69) is 18.6 Å². The van der Waals surface area contributed by atoms with Crippen molar-refractivity contribution in [3.63, 3.8) is 0 Å². The van der Waals surface area contributed by atoms with E-state index < -0.39 is 18.0 Å². The van der Waals surface area contributed by atoms with Crippen LogP contribution in [0.15, 0.2) is 24.3 Å². The zero-order chi connectivity index (χ0) is 13.0. The number of hydrogen-bond donors (Lipinski definition) is 1. The van der Waals surface area contributed by atoms with Crippen molar-refractivity contribution in [1.82, 2.24) is 0 Å². The van der Waals surface area contributed by atoms with Crippen LogP contribution in [0.1, 0.15) is 43.9 Å². The summed E-state index contributed by atoms with van der Waals surface area (Å²) in [7, 11) is 1.33. The number of methoxy groups -OCH3 is 1. The van der Waals surface area contributed by atoms with Gasteiger partial charge in [-0.15, -0.1) is 0 Å². The minimum Gasteiger partial charge on any atom is -0.469 e. The van der Waals surface area contributed by atoms with Crippen LogP contribution in [0.4, 0.5) is 0 Å². The van der Waals surface area contributed by atoms with Crippen LogP contribution in [0.2, 0.25) is 0 Å². The second-order valence-corrected chi connectivity index (χ2v) is 4.58. The zero-order valence-corrected chi connectivity index (χ0v) is 10.8. The van der Waals surface area contributed by atoms with Crippen LogP contribution in [-0.2, 0) is 9.53 Å². The lowest BCUT2D eigenvalue weighted by molar-refractivity contribution is -0.148. The van der Waals surface area contributed by atoms with Gasteiger partial charge in [0, 0.05) is 0 Å². The van der Waals surface area contributed by atoms with E-state index in [1.54, 1.807) is 6.92 Å². The number of aliphatic hydroxyl groups is 1. The fourth-order valence-electron chi connectivity index (χ4n) is 1.68. The first-order valence-corrected chi connectivity index (χ1v) is 5.83. The van der Waals surface area contributed by atoms with Gasteiger partial charge in [0.05, 0.1) is 19.1 Å². The van der Waals surface area contributed by atoms with Crippen LogP contribution < -0.4 is 0 Å². The second kappa shape index (κ2) is 5.82. The SMILES string of the molecule is COC(=O)C(C)C(O)c1ccc(C(C)C)cc1. The first kappa shape index (κ1) is 13.7. The molecule has 0 aliphatic heterocycles. The molecule has 0 saturated heterocycles. The molecule has 2 unspecified atom stereocenters. The van der Waals surface area contributed by atoms with E-state index in [4.69, 9.17) is 0 Å². The normalized spacial score (nSPS) is 14.5. The molecule has 0 saturated carbocycles. The molecule has 3 nitrogen and oxygen atoms in total. The summed E-state index contributed by atoms with van der Waals surface area (Å²) in [4.78, 5) is 11.3. The lowest BCUT2D eigenvalue weighted by atomic mass is 9.94. The summed E-state index contributed by atoms with van der Waals surface area (Å²) in [6.45, 7) is 5.89. The standard InChI is InChI=1S/C14H20O3/c1-9(2)11-5-7-12(8-6-11)13(15)10(3)14(16)17-4/h5-10,13,15H,1-4H3. The maximum absolute atomic E-state index is 11.3. The molecule has 17 heavy (non-hydrogen) atoms. The average molecular weight is 236 g/mol. The van der Waals surface area contributed by atoms with Gasteiger partial charge < -0.3 is 9.84 Å². The highest BCUT2D eigenvalue weighted by Gasteiger charge is 2.24. The Labute approximate surface area is 102 Å². The third kappa shape index (κ3) is 3.30. The molecule has 0 spiro atoms. The Kier molecular flexibility index (Phi) is 4.70. The Morgan fingerprint density at radius 1 is 1.12 bits per heavy atom. The van der Waals surface area contributed by atoms with Gasteiger partial charge in [-0.3, -0.25) is 4.79 Å². The molecule has 0 fully saturated rings. The van der Waals surface area contributed by atoms with E-state index in [0.717, 1.165) is 5.56 Å². The number of ether oxygens (including phenoxy) is 1. The molecule has 0 aromatic heterocycles. The molecule has 0 bridgehead atoms. The molecule has 0 aliphatic carbocycles. The lowest BCUT2D eigenvalue weighted by Gasteiger charge is -2.17. The van der Waals surface area contributed by atoms with Gasteiger partial charge in [-0.25, -0.2) is 0 Å². The molecule has 0 amide bonds. The van der Waals surface area contributed by atoms with E-state index in [0.29, 0.717) is 5.92 Å². The molecule has 1 aromatic carbocycles. The summed E-state index contributed by atoms with van der Waals surface area (Å²) in [6.07, 6.45) is -0.816. The third-order valence-corrected chi connectivity index (χ3v) is 2.99. The quantitative estimate of drug-likeness (QED) is 0.817. The minimum absolute atomic E-state index is 0.398. The summed E-state index contributed by atoms with van der Waals surface area (Å²) < 4.78 is 4.62. The van der Waals surface area contributed by atoms with E-state index in [1.807, 2.05) is 24.3 Å². The molecule has 0 heterocycles. The van der Waals surface area contributed by atoms with Gasteiger partial charge in [0.2, 0.25) is 0 Å². The Morgan fingerprint density at radius 3 is 2.00 bits per heavy atom. The number of carbonyl (C=O) groups is 1. The molecule has 0 aliphatic rings. The van der Waals surface area contributed by atoms with Crippen LogP contribution in [-0.4, -0.2) is 18.2 Å². The van der Waals surface area contributed by atoms with Gasteiger partial charge in [-0.1, -0.05) is 38.1 Å². The van der Waals surface area contributed by atoms with Gasteiger partial charge in [0.15, 0.2) is 0 Å². The van der Waals surface area contributed by atoms with Gasteiger partial charge >= 0.3 is 5.97 Å². The monoisotopic (exact) mass is 236 g/mol. The largest absolute Gasteiger partial charge is 0.469 e. The number of benzene rings is 1. The fourth-order valence-corrected chi connectivity index (χ4v) is 1.68. The number of carbonyl (C=O) groups excluding carboxylic acids is 1. The highest BCUT2D eigenvalue weighted by atomic mass is 16.5. The molecule has 0 radical (unpaired) electrons. The molecule has 94 valence electrons. The first-order chi connectivity index (χ1) is 7.97. The van der Waals surface area contributed by atoms with Gasteiger partial charge in [0.25, 0.3) is 0 Å². The molecular formula is C14H20O3. The van der Waals surface area contributed by atoms with Crippen molar-refractivity contribution >= 4 is 5.97 Å². The van der Waals surface area contributed by atoms with E-state index >= 15 is 0 Å². The van der Waals surface area contributed by atoms with Crippen LogP contribution >= 0.6 is 0 Å². The second-order valence-electron chi connectivity index (χ2n) is 4.58. The Balaban J connectivity index is 2.82. The fraction of sp³-hybridized carbons (Fsp3) is 0.500. The van der Waals surface area contributed by atoms with Crippen molar-refractivity contribution < 1.29 is 14.6 Å². The van der Waals surface area contributed by atoms with Crippen LogP contribution in [0.25, 0.3) is 0 Å². The van der Waals surface area contributed by atoms with Gasteiger partial charge in [-0.05, 0) is 24.0 Å². The third-order valence-electron chi connectivity index (χ3n) is 2.99. The lowest BCUT2D eigenvalue weighted by Crippen LogP contribution is -2.20. The van der Waals surface area contributed by atoms with E-state index in [-0.39, 0.29) is 0 Å². The molecule has 1 N–H and O–H groups in total. The van der Waals surface area contributed by atoms with Crippen molar-refractivity contribution in [3.8, 4) is 0 Å². The number of rotatable bonds is 4.